The van der Waals surface area contributed by atoms with Crippen molar-refractivity contribution in [3.8, 4) is 5.75 Å². The maximum Gasteiger partial charge on any atom is 0.300 e. The highest BCUT2D eigenvalue weighted by atomic mass is 16.5. The van der Waals surface area contributed by atoms with Gasteiger partial charge >= 0.3 is 0 Å². The number of aromatic nitrogens is 1. The van der Waals surface area contributed by atoms with Gasteiger partial charge in [0.25, 0.3) is 11.7 Å². The van der Waals surface area contributed by atoms with Crippen LogP contribution in [0.3, 0.4) is 0 Å². The number of aliphatic hydroxyl groups excluding tert-OH is 1. The zero-order valence-electron chi connectivity index (χ0n) is 19.3. The molecule has 1 aliphatic rings. The molecule has 1 aromatic heterocycles. The van der Waals surface area contributed by atoms with Gasteiger partial charge in [-0.15, -0.1) is 0 Å². The van der Waals surface area contributed by atoms with Gasteiger partial charge in [0.15, 0.2) is 0 Å². The SMILES string of the molecule is COc1c(C)cc(C)cc1/C(O)=C1\C(=O)C(=O)N(c2cc(C)cc(C)c2)C1c1cccnc1. The number of nitrogens with zero attached hydrogens (tertiary/aromatic N) is 2. The summed E-state index contributed by atoms with van der Waals surface area (Å²) in [6.07, 6.45) is 3.23. The Hall–Kier alpha value is -3.93. The maximum absolute atomic E-state index is 13.4. The second-order valence-corrected chi connectivity index (χ2v) is 8.46. The molecule has 1 atom stereocenters. The van der Waals surface area contributed by atoms with E-state index in [1.165, 1.54) is 12.0 Å². The molecule has 0 bridgehead atoms. The second kappa shape index (κ2) is 8.54. The molecule has 4 rings (SSSR count). The van der Waals surface area contributed by atoms with Crippen LogP contribution < -0.4 is 9.64 Å². The van der Waals surface area contributed by atoms with E-state index in [0.29, 0.717) is 22.6 Å². The van der Waals surface area contributed by atoms with Crippen LogP contribution in [0.25, 0.3) is 5.76 Å². The molecule has 1 fully saturated rings. The number of rotatable bonds is 4. The minimum Gasteiger partial charge on any atom is -0.507 e. The van der Waals surface area contributed by atoms with Gasteiger partial charge in [-0.3, -0.25) is 19.5 Å². The highest BCUT2D eigenvalue weighted by molar-refractivity contribution is 6.51. The molecule has 2 aromatic carbocycles. The number of methoxy groups -OCH3 is 1. The third-order valence-corrected chi connectivity index (χ3v) is 5.81. The van der Waals surface area contributed by atoms with Crippen molar-refractivity contribution < 1.29 is 19.4 Å². The third kappa shape index (κ3) is 3.89. The van der Waals surface area contributed by atoms with Crippen LogP contribution in [-0.2, 0) is 9.59 Å². The van der Waals surface area contributed by atoms with Crippen molar-refractivity contribution in [3.05, 3.63) is 93.8 Å². The molecule has 1 N–H and O–H groups in total. The number of aryl methyl sites for hydroxylation is 4. The van der Waals surface area contributed by atoms with Gasteiger partial charge in [0.2, 0.25) is 0 Å². The summed E-state index contributed by atoms with van der Waals surface area (Å²) >= 11 is 0. The number of carbonyl (C=O) groups is 2. The molecule has 0 saturated carbocycles. The van der Waals surface area contributed by atoms with Crippen LogP contribution in [0, 0.1) is 27.7 Å². The summed E-state index contributed by atoms with van der Waals surface area (Å²) in [4.78, 5) is 32.3. The van der Waals surface area contributed by atoms with Crippen LogP contribution in [0.2, 0.25) is 0 Å². The van der Waals surface area contributed by atoms with Crippen LogP contribution in [0.15, 0.2) is 60.4 Å². The standard InChI is InChI=1S/C27H26N2O4/c1-15-9-16(2)12-20(11-15)29-23(19-7-6-8-28-14-19)22(25(31)27(29)32)24(30)21-13-17(3)10-18(4)26(21)33-5/h6-14,23,30H,1-5H3/b24-22+. The molecule has 6 nitrogen and oxygen atoms in total. The summed E-state index contributed by atoms with van der Waals surface area (Å²) in [5, 5.41) is 11.5. The van der Waals surface area contributed by atoms with Gasteiger partial charge in [0.1, 0.15) is 11.5 Å². The van der Waals surface area contributed by atoms with Crippen molar-refractivity contribution in [1.29, 1.82) is 0 Å². The average molecular weight is 443 g/mol. The largest absolute Gasteiger partial charge is 0.507 e. The molecule has 0 radical (unpaired) electrons. The first kappa shape index (κ1) is 22.3. The van der Waals surface area contributed by atoms with Crippen LogP contribution >= 0.6 is 0 Å². The van der Waals surface area contributed by atoms with E-state index in [4.69, 9.17) is 4.74 Å². The Morgan fingerprint density at radius 2 is 1.67 bits per heavy atom. The quantitative estimate of drug-likeness (QED) is 0.351. The van der Waals surface area contributed by atoms with Gasteiger partial charge in [-0.1, -0.05) is 18.2 Å². The highest BCUT2D eigenvalue weighted by Gasteiger charge is 2.47. The van der Waals surface area contributed by atoms with E-state index in [1.54, 1.807) is 30.6 Å². The average Bonchev–Trinajstić information content (AvgIpc) is 3.03. The minimum absolute atomic E-state index is 0.00968. The predicted octanol–water partition coefficient (Wildman–Crippen LogP) is 4.95. The molecule has 2 heterocycles. The lowest BCUT2D eigenvalue weighted by Crippen LogP contribution is -2.29. The number of ketones is 1. The van der Waals surface area contributed by atoms with E-state index in [9.17, 15) is 14.7 Å². The molecule has 1 unspecified atom stereocenters. The Balaban J connectivity index is 2.02. The lowest BCUT2D eigenvalue weighted by molar-refractivity contribution is -0.132. The second-order valence-electron chi connectivity index (χ2n) is 8.46. The van der Waals surface area contributed by atoms with Gasteiger partial charge in [-0.2, -0.15) is 0 Å². The number of hydrogen-bond acceptors (Lipinski definition) is 5. The molecule has 0 aliphatic carbocycles. The van der Waals surface area contributed by atoms with Crippen LogP contribution in [-0.4, -0.2) is 28.9 Å². The van der Waals surface area contributed by atoms with Crippen molar-refractivity contribution in [2.24, 2.45) is 0 Å². The predicted molar refractivity (Wildman–Crippen MR) is 127 cm³/mol. The van der Waals surface area contributed by atoms with Gasteiger partial charge in [-0.05, 0) is 79.8 Å². The molecular formula is C27H26N2O4. The van der Waals surface area contributed by atoms with Crippen LogP contribution in [0.1, 0.15) is 39.4 Å². The minimum atomic E-state index is -0.828. The fraction of sp³-hybridized carbons (Fsp3) is 0.222. The zero-order valence-corrected chi connectivity index (χ0v) is 19.3. The summed E-state index contributed by atoms with van der Waals surface area (Å²) in [6, 6.07) is 12.1. The summed E-state index contributed by atoms with van der Waals surface area (Å²) < 4.78 is 5.54. The number of aliphatic hydroxyl groups is 1. The van der Waals surface area contributed by atoms with Crippen molar-refractivity contribution in [2.45, 2.75) is 33.7 Å². The Labute approximate surface area is 193 Å². The Bertz CT molecular complexity index is 1270. The summed E-state index contributed by atoms with van der Waals surface area (Å²) in [5.74, 6) is -1.25. The van der Waals surface area contributed by atoms with Crippen LogP contribution in [0.4, 0.5) is 5.69 Å². The van der Waals surface area contributed by atoms with Gasteiger partial charge in [0, 0.05) is 18.1 Å². The van der Waals surface area contributed by atoms with E-state index in [0.717, 1.165) is 22.3 Å². The summed E-state index contributed by atoms with van der Waals surface area (Å²) in [6.45, 7) is 7.64. The fourth-order valence-corrected chi connectivity index (χ4v) is 4.59. The van der Waals surface area contributed by atoms with Crippen LogP contribution in [0.5, 0.6) is 5.75 Å². The van der Waals surface area contributed by atoms with E-state index in [-0.39, 0.29) is 11.3 Å². The van der Waals surface area contributed by atoms with E-state index in [2.05, 4.69) is 4.98 Å². The Kier molecular flexibility index (Phi) is 5.77. The van der Waals surface area contributed by atoms with Gasteiger partial charge in [-0.25, -0.2) is 0 Å². The molecular weight excluding hydrogens is 416 g/mol. The molecule has 3 aromatic rings. The molecule has 1 aliphatic heterocycles. The molecule has 168 valence electrons. The number of ether oxygens (including phenoxy) is 1. The number of carbonyl (C=O) groups excluding carboxylic acids is 2. The lowest BCUT2D eigenvalue weighted by atomic mass is 9.94. The topological polar surface area (TPSA) is 79.7 Å². The first-order chi connectivity index (χ1) is 15.7. The van der Waals surface area contributed by atoms with Crippen molar-refractivity contribution >= 4 is 23.1 Å². The van der Waals surface area contributed by atoms with Gasteiger partial charge in [0.05, 0.1) is 24.3 Å². The Morgan fingerprint density at radius 1 is 1.00 bits per heavy atom. The number of benzene rings is 2. The zero-order chi connectivity index (χ0) is 23.9. The number of amides is 1. The first-order valence-corrected chi connectivity index (χ1v) is 10.7. The van der Waals surface area contributed by atoms with E-state index in [1.807, 2.05) is 52.0 Å². The van der Waals surface area contributed by atoms with E-state index >= 15 is 0 Å². The fourth-order valence-electron chi connectivity index (χ4n) is 4.59. The number of Topliss-reactive ketones (excluding diaryl/α,β-unsaturated/α-hetero) is 1. The summed E-state index contributed by atoms with van der Waals surface area (Å²) in [7, 11) is 1.52. The molecule has 1 saturated heterocycles. The molecule has 0 spiro atoms. The number of pyridine rings is 1. The van der Waals surface area contributed by atoms with Crippen molar-refractivity contribution in [1.82, 2.24) is 4.98 Å². The molecule has 6 heteroatoms. The monoisotopic (exact) mass is 442 g/mol. The highest BCUT2D eigenvalue weighted by Crippen LogP contribution is 2.44. The smallest absolute Gasteiger partial charge is 0.300 e. The molecule has 33 heavy (non-hydrogen) atoms. The first-order valence-electron chi connectivity index (χ1n) is 10.7. The van der Waals surface area contributed by atoms with Crippen molar-refractivity contribution in [2.75, 3.05) is 12.0 Å². The third-order valence-electron chi connectivity index (χ3n) is 5.81. The Morgan fingerprint density at radius 3 is 2.27 bits per heavy atom. The number of anilines is 1. The van der Waals surface area contributed by atoms with Crippen molar-refractivity contribution in [3.63, 3.8) is 0 Å². The lowest BCUT2D eigenvalue weighted by Gasteiger charge is -2.26. The normalized spacial score (nSPS) is 17.5. The van der Waals surface area contributed by atoms with Gasteiger partial charge < -0.3 is 9.84 Å². The summed E-state index contributed by atoms with van der Waals surface area (Å²) in [5.41, 5.74) is 5.26. The maximum atomic E-state index is 13.4. The van der Waals surface area contributed by atoms with E-state index < -0.39 is 17.7 Å². The molecule has 1 amide bonds. The number of hydrogen-bond donors (Lipinski definition) is 1.